The number of hydrogen-bond acceptors (Lipinski definition) is 1. The summed E-state index contributed by atoms with van der Waals surface area (Å²) in [6, 6.07) is 5.72. The Balaban J connectivity index is 2.84. The summed E-state index contributed by atoms with van der Waals surface area (Å²) in [5, 5.41) is 0. The van der Waals surface area contributed by atoms with Gasteiger partial charge in [-0.05, 0) is 30.2 Å². The van der Waals surface area contributed by atoms with Crippen molar-refractivity contribution >= 4 is 5.78 Å². The molecule has 0 amide bonds. The summed E-state index contributed by atoms with van der Waals surface area (Å²) in [5.74, 6) is 0.0757. The fourth-order valence-electron chi connectivity index (χ4n) is 1.18. The lowest BCUT2D eigenvalue weighted by Crippen LogP contribution is -2.16. The minimum absolute atomic E-state index is 0.0135. The molecule has 0 aliphatic rings. The summed E-state index contributed by atoms with van der Waals surface area (Å²) in [6.07, 6.45) is 0. The van der Waals surface area contributed by atoms with Crippen LogP contribution in [0.5, 0.6) is 0 Å². The lowest BCUT2D eigenvalue weighted by Gasteiger charge is -2.13. The van der Waals surface area contributed by atoms with E-state index in [0.29, 0.717) is 11.5 Å². The number of ketones is 1. The molecule has 0 bridgehead atoms. The predicted octanol–water partition coefficient (Wildman–Crippen LogP) is 3.30. The molecule has 0 saturated heterocycles. The van der Waals surface area contributed by atoms with E-state index in [4.69, 9.17) is 0 Å². The monoisotopic (exact) mass is 194 g/mol. The summed E-state index contributed by atoms with van der Waals surface area (Å²) in [4.78, 5) is 11.8. The molecule has 1 rings (SSSR count). The van der Waals surface area contributed by atoms with Crippen LogP contribution in [0.4, 0.5) is 4.39 Å². The van der Waals surface area contributed by atoms with Crippen molar-refractivity contribution < 1.29 is 9.18 Å². The molecule has 1 atom stereocenters. The smallest absolute Gasteiger partial charge is 0.165 e. The lowest BCUT2D eigenvalue weighted by molar-refractivity contribution is 0.0899. The largest absolute Gasteiger partial charge is 0.294 e. The maximum Gasteiger partial charge on any atom is 0.165 e. The number of hydrogen-bond donors (Lipinski definition) is 0. The highest BCUT2D eigenvalue weighted by Crippen LogP contribution is 2.16. The first-order valence-corrected chi connectivity index (χ1v) is 4.82. The topological polar surface area (TPSA) is 17.1 Å². The molecule has 0 N–H and O–H groups in total. The summed E-state index contributed by atoms with van der Waals surface area (Å²) in [7, 11) is 0. The van der Waals surface area contributed by atoms with Crippen molar-refractivity contribution in [3.63, 3.8) is 0 Å². The highest BCUT2D eigenvalue weighted by atomic mass is 19.1. The van der Waals surface area contributed by atoms with Crippen LogP contribution in [-0.4, -0.2) is 5.78 Å². The molecular formula is C12H15FO. The van der Waals surface area contributed by atoms with Crippen LogP contribution in [0.3, 0.4) is 0 Å². The molecule has 0 unspecified atom stereocenters. The molecule has 1 aromatic rings. The first-order valence-electron chi connectivity index (χ1n) is 4.82. The van der Waals surface area contributed by atoms with Gasteiger partial charge in [0.15, 0.2) is 5.78 Å². The summed E-state index contributed by atoms with van der Waals surface area (Å²) in [5.41, 5.74) is 0.590. The molecule has 0 aromatic heterocycles. The standard InChI is InChI=1S/C12H15FO/c1-8(2)9(3)12(14)10-4-6-11(13)7-5-10/h4-9H,1-3H3/t9-/m0/s1. The first kappa shape index (κ1) is 10.9. The van der Waals surface area contributed by atoms with Crippen LogP contribution in [-0.2, 0) is 0 Å². The van der Waals surface area contributed by atoms with Gasteiger partial charge in [0.2, 0.25) is 0 Å². The fourth-order valence-corrected chi connectivity index (χ4v) is 1.18. The number of benzene rings is 1. The van der Waals surface area contributed by atoms with Crippen LogP contribution in [0.2, 0.25) is 0 Å². The third-order valence-corrected chi connectivity index (χ3v) is 2.54. The third-order valence-electron chi connectivity index (χ3n) is 2.54. The third kappa shape index (κ3) is 2.41. The van der Waals surface area contributed by atoms with Crippen molar-refractivity contribution in [3.05, 3.63) is 35.6 Å². The molecule has 2 heteroatoms. The van der Waals surface area contributed by atoms with Crippen molar-refractivity contribution in [2.45, 2.75) is 20.8 Å². The van der Waals surface area contributed by atoms with E-state index in [1.807, 2.05) is 20.8 Å². The molecule has 0 aliphatic heterocycles. The number of carbonyl (C=O) groups excluding carboxylic acids is 1. The fraction of sp³-hybridized carbons (Fsp3) is 0.417. The second kappa shape index (κ2) is 4.36. The van der Waals surface area contributed by atoms with E-state index < -0.39 is 0 Å². The highest BCUT2D eigenvalue weighted by Gasteiger charge is 2.17. The second-order valence-corrected chi connectivity index (χ2v) is 3.90. The van der Waals surface area contributed by atoms with E-state index in [-0.39, 0.29) is 17.5 Å². The minimum atomic E-state index is -0.307. The summed E-state index contributed by atoms with van der Waals surface area (Å²) in [6.45, 7) is 5.91. The van der Waals surface area contributed by atoms with Crippen molar-refractivity contribution in [2.75, 3.05) is 0 Å². The predicted molar refractivity (Wildman–Crippen MR) is 54.7 cm³/mol. The maximum absolute atomic E-state index is 12.6. The zero-order chi connectivity index (χ0) is 10.7. The van der Waals surface area contributed by atoms with Gasteiger partial charge in [0, 0.05) is 11.5 Å². The van der Waals surface area contributed by atoms with Crippen LogP contribution in [0.25, 0.3) is 0 Å². The Bertz CT molecular complexity index is 314. The van der Waals surface area contributed by atoms with Gasteiger partial charge in [0.1, 0.15) is 5.82 Å². The van der Waals surface area contributed by atoms with E-state index in [1.54, 1.807) is 0 Å². The quantitative estimate of drug-likeness (QED) is 0.675. The van der Waals surface area contributed by atoms with E-state index in [1.165, 1.54) is 24.3 Å². The molecular weight excluding hydrogens is 179 g/mol. The molecule has 0 aliphatic carbocycles. The van der Waals surface area contributed by atoms with E-state index in [9.17, 15) is 9.18 Å². The molecule has 14 heavy (non-hydrogen) atoms. The SMILES string of the molecule is CC(C)[C@H](C)C(=O)c1ccc(F)cc1. The van der Waals surface area contributed by atoms with Crippen LogP contribution < -0.4 is 0 Å². The van der Waals surface area contributed by atoms with Crippen molar-refractivity contribution in [1.29, 1.82) is 0 Å². The Morgan fingerprint density at radius 2 is 1.64 bits per heavy atom. The Morgan fingerprint density at radius 3 is 2.07 bits per heavy atom. The minimum Gasteiger partial charge on any atom is -0.294 e. The number of Topliss-reactive ketones (excluding diaryl/α,β-unsaturated/α-hetero) is 1. The lowest BCUT2D eigenvalue weighted by atomic mass is 9.90. The van der Waals surface area contributed by atoms with Gasteiger partial charge in [-0.3, -0.25) is 4.79 Å². The normalized spacial score (nSPS) is 12.9. The Kier molecular flexibility index (Phi) is 3.39. The average molecular weight is 194 g/mol. The average Bonchev–Trinajstić information content (AvgIpc) is 2.16. The summed E-state index contributed by atoms with van der Waals surface area (Å²) >= 11 is 0. The maximum atomic E-state index is 12.6. The molecule has 0 spiro atoms. The number of halogens is 1. The first-order chi connectivity index (χ1) is 6.52. The highest BCUT2D eigenvalue weighted by molar-refractivity contribution is 5.97. The van der Waals surface area contributed by atoms with Crippen LogP contribution in [0, 0.1) is 17.7 Å². The Hall–Kier alpha value is -1.18. The van der Waals surface area contributed by atoms with Gasteiger partial charge in [0.05, 0.1) is 0 Å². The molecule has 0 heterocycles. The van der Waals surface area contributed by atoms with Crippen LogP contribution in [0.15, 0.2) is 24.3 Å². The molecule has 0 fully saturated rings. The van der Waals surface area contributed by atoms with Gasteiger partial charge in [-0.25, -0.2) is 4.39 Å². The zero-order valence-electron chi connectivity index (χ0n) is 8.75. The van der Waals surface area contributed by atoms with E-state index >= 15 is 0 Å². The van der Waals surface area contributed by atoms with Gasteiger partial charge in [-0.15, -0.1) is 0 Å². The van der Waals surface area contributed by atoms with Crippen molar-refractivity contribution in [3.8, 4) is 0 Å². The second-order valence-electron chi connectivity index (χ2n) is 3.90. The zero-order valence-corrected chi connectivity index (χ0v) is 8.75. The van der Waals surface area contributed by atoms with E-state index in [0.717, 1.165) is 0 Å². The molecule has 1 aromatic carbocycles. The van der Waals surface area contributed by atoms with Gasteiger partial charge < -0.3 is 0 Å². The van der Waals surface area contributed by atoms with Gasteiger partial charge in [-0.1, -0.05) is 20.8 Å². The van der Waals surface area contributed by atoms with Crippen LogP contribution >= 0.6 is 0 Å². The molecule has 1 nitrogen and oxygen atoms in total. The van der Waals surface area contributed by atoms with Crippen LogP contribution in [0.1, 0.15) is 31.1 Å². The number of carbonyl (C=O) groups is 1. The van der Waals surface area contributed by atoms with Crippen molar-refractivity contribution in [2.24, 2.45) is 11.8 Å². The molecule has 0 saturated carbocycles. The van der Waals surface area contributed by atoms with E-state index in [2.05, 4.69) is 0 Å². The Morgan fingerprint density at radius 1 is 1.14 bits per heavy atom. The molecule has 0 radical (unpaired) electrons. The Labute approximate surface area is 83.9 Å². The summed E-state index contributed by atoms with van der Waals surface area (Å²) < 4.78 is 12.6. The number of rotatable bonds is 3. The van der Waals surface area contributed by atoms with Gasteiger partial charge in [0.25, 0.3) is 0 Å². The van der Waals surface area contributed by atoms with Gasteiger partial charge in [-0.2, -0.15) is 0 Å². The molecule has 76 valence electrons. The van der Waals surface area contributed by atoms with Gasteiger partial charge >= 0.3 is 0 Å². The van der Waals surface area contributed by atoms with Crippen molar-refractivity contribution in [1.82, 2.24) is 0 Å².